The van der Waals surface area contributed by atoms with Gasteiger partial charge in [0.05, 0.1) is 19.8 Å². The van der Waals surface area contributed by atoms with Crippen LogP contribution in [0.15, 0.2) is 47.4 Å². The lowest BCUT2D eigenvalue weighted by Crippen LogP contribution is -2.24. The van der Waals surface area contributed by atoms with Crippen molar-refractivity contribution in [3.63, 3.8) is 0 Å². The lowest BCUT2D eigenvalue weighted by atomic mass is 9.90. The maximum atomic E-state index is 14.0. The first-order valence-electron chi connectivity index (χ1n) is 11.2. The van der Waals surface area contributed by atoms with Gasteiger partial charge in [0.15, 0.2) is 11.7 Å². The zero-order chi connectivity index (χ0) is 21.9. The van der Waals surface area contributed by atoms with Crippen LogP contribution in [0, 0.1) is 0 Å². The molecule has 0 bridgehead atoms. The van der Waals surface area contributed by atoms with E-state index < -0.39 is 11.7 Å². The van der Waals surface area contributed by atoms with Gasteiger partial charge in [0.25, 0.3) is 0 Å². The van der Waals surface area contributed by atoms with Crippen molar-refractivity contribution in [2.45, 2.75) is 84.3 Å². The second-order valence-electron chi connectivity index (χ2n) is 7.93. The maximum absolute atomic E-state index is 14.0. The predicted octanol–water partition coefficient (Wildman–Crippen LogP) is 7.48. The van der Waals surface area contributed by atoms with Crippen molar-refractivity contribution >= 4 is 0 Å². The number of hydrogen-bond acceptors (Lipinski definition) is 3. The summed E-state index contributed by atoms with van der Waals surface area (Å²) in [5.41, 5.74) is 2.19. The van der Waals surface area contributed by atoms with E-state index in [0.29, 0.717) is 24.9 Å². The van der Waals surface area contributed by atoms with Gasteiger partial charge in [-0.1, -0.05) is 57.9 Å². The molecule has 1 heterocycles. The Balaban J connectivity index is 0.00000101. The van der Waals surface area contributed by atoms with Gasteiger partial charge in [0, 0.05) is 18.8 Å². The van der Waals surface area contributed by atoms with E-state index in [1.807, 2.05) is 12.1 Å². The van der Waals surface area contributed by atoms with Crippen LogP contribution < -0.4 is 0 Å². The first kappa shape index (κ1) is 24.4. The Morgan fingerprint density at radius 1 is 0.967 bits per heavy atom. The van der Waals surface area contributed by atoms with Gasteiger partial charge in [-0.15, -0.1) is 0 Å². The Morgan fingerprint density at radius 3 is 2.17 bits per heavy atom. The third-order valence-corrected chi connectivity index (χ3v) is 5.35. The molecule has 1 aliphatic carbocycles. The fraction of sp³-hybridized carbons (Fsp3) is 0.600. The minimum absolute atomic E-state index is 0.0417. The molecule has 1 aromatic carbocycles. The molecular formula is C25H36F2O3. The first-order chi connectivity index (χ1) is 14.5. The Morgan fingerprint density at radius 2 is 1.60 bits per heavy atom. The molecule has 168 valence electrons. The standard InChI is InChI=1S/C22H28F2O3.C3H8/c1-3-4-18-10-9-17(14-26-18)16-7-5-15(6-8-16)13-27-20-12-11-19(25-2)21(23)22(20)24;1-3-2/h5-8,17-18H,3-4,9-14H2,1-2H3;3H2,1-2H3. The van der Waals surface area contributed by atoms with E-state index in [0.717, 1.165) is 37.9 Å². The number of allylic oxidation sites excluding steroid dienone is 4. The van der Waals surface area contributed by atoms with E-state index in [9.17, 15) is 8.78 Å². The van der Waals surface area contributed by atoms with E-state index in [1.54, 1.807) is 0 Å². The quantitative estimate of drug-likeness (QED) is 0.456. The van der Waals surface area contributed by atoms with E-state index in [-0.39, 0.29) is 18.1 Å². The summed E-state index contributed by atoms with van der Waals surface area (Å²) in [5.74, 6) is -1.37. The van der Waals surface area contributed by atoms with Gasteiger partial charge in [-0.3, -0.25) is 0 Å². The average molecular weight is 423 g/mol. The van der Waals surface area contributed by atoms with Gasteiger partial charge in [-0.05, 0) is 30.4 Å². The van der Waals surface area contributed by atoms with Gasteiger partial charge >= 0.3 is 0 Å². The number of halogens is 2. The highest BCUT2D eigenvalue weighted by atomic mass is 19.2. The first-order valence-corrected chi connectivity index (χ1v) is 11.2. The topological polar surface area (TPSA) is 27.7 Å². The van der Waals surface area contributed by atoms with Crippen molar-refractivity contribution < 1.29 is 23.0 Å². The molecule has 2 atom stereocenters. The Hall–Kier alpha value is -1.88. The summed E-state index contributed by atoms with van der Waals surface area (Å²) in [6.45, 7) is 7.43. The molecule has 0 amide bonds. The smallest absolute Gasteiger partial charge is 0.199 e. The molecule has 30 heavy (non-hydrogen) atoms. The SMILES string of the molecule is CCC.CCCC1CCC(c2ccc(COC3=C(F)C(F)=C(OC)CC3)cc2)CO1. The fourth-order valence-electron chi connectivity index (χ4n) is 3.69. The predicted molar refractivity (Wildman–Crippen MR) is 116 cm³/mol. The molecule has 1 aromatic rings. The van der Waals surface area contributed by atoms with Crippen molar-refractivity contribution in [1.29, 1.82) is 0 Å². The molecule has 3 nitrogen and oxygen atoms in total. The van der Waals surface area contributed by atoms with Crippen molar-refractivity contribution in [2.24, 2.45) is 0 Å². The average Bonchev–Trinajstić information content (AvgIpc) is 2.77. The summed E-state index contributed by atoms with van der Waals surface area (Å²) in [4.78, 5) is 0. The third kappa shape index (κ3) is 6.83. The number of methoxy groups -OCH3 is 1. The third-order valence-electron chi connectivity index (χ3n) is 5.35. The highest BCUT2D eigenvalue weighted by Gasteiger charge is 2.25. The second kappa shape index (κ2) is 12.7. The molecule has 0 N–H and O–H groups in total. The molecule has 0 radical (unpaired) electrons. The molecule has 5 heteroatoms. The molecule has 3 rings (SSSR count). The van der Waals surface area contributed by atoms with Gasteiger partial charge in [0.1, 0.15) is 18.1 Å². The highest BCUT2D eigenvalue weighted by molar-refractivity contribution is 5.30. The van der Waals surface area contributed by atoms with Crippen molar-refractivity contribution in [2.75, 3.05) is 13.7 Å². The summed E-state index contributed by atoms with van der Waals surface area (Å²) in [6, 6.07) is 8.15. The summed E-state index contributed by atoms with van der Waals surface area (Å²) in [6.07, 6.45) is 6.82. The zero-order valence-corrected chi connectivity index (χ0v) is 18.8. The van der Waals surface area contributed by atoms with Crippen LogP contribution in [-0.4, -0.2) is 19.8 Å². The Labute approximate surface area is 180 Å². The summed E-state index contributed by atoms with van der Waals surface area (Å²) >= 11 is 0. The monoisotopic (exact) mass is 422 g/mol. The largest absolute Gasteiger partial charge is 0.498 e. The van der Waals surface area contributed by atoms with E-state index in [2.05, 4.69) is 32.9 Å². The molecule has 1 saturated heterocycles. The fourth-order valence-corrected chi connectivity index (χ4v) is 3.69. The van der Waals surface area contributed by atoms with Crippen molar-refractivity contribution in [1.82, 2.24) is 0 Å². The van der Waals surface area contributed by atoms with Crippen LogP contribution in [0.3, 0.4) is 0 Å². The molecule has 0 spiro atoms. The van der Waals surface area contributed by atoms with Crippen molar-refractivity contribution in [3.8, 4) is 0 Å². The van der Waals surface area contributed by atoms with Gasteiger partial charge in [-0.2, -0.15) is 8.78 Å². The summed E-state index contributed by atoms with van der Waals surface area (Å²) in [5, 5.41) is 0. The molecule has 2 unspecified atom stereocenters. The molecule has 2 aliphatic rings. The van der Waals surface area contributed by atoms with Crippen LogP contribution >= 0.6 is 0 Å². The number of hydrogen-bond donors (Lipinski definition) is 0. The van der Waals surface area contributed by atoms with Crippen LogP contribution in [0.2, 0.25) is 0 Å². The van der Waals surface area contributed by atoms with E-state index in [4.69, 9.17) is 14.2 Å². The van der Waals surface area contributed by atoms with Crippen LogP contribution in [0.25, 0.3) is 0 Å². The molecule has 1 aliphatic heterocycles. The zero-order valence-electron chi connectivity index (χ0n) is 18.8. The highest BCUT2D eigenvalue weighted by Crippen LogP contribution is 2.34. The number of benzene rings is 1. The van der Waals surface area contributed by atoms with Gasteiger partial charge in [0.2, 0.25) is 0 Å². The lowest BCUT2D eigenvalue weighted by Gasteiger charge is -2.29. The lowest BCUT2D eigenvalue weighted by molar-refractivity contribution is -0.00112. The normalized spacial score (nSPS) is 21.8. The Bertz CT molecular complexity index is 702. The summed E-state index contributed by atoms with van der Waals surface area (Å²) in [7, 11) is 1.34. The van der Waals surface area contributed by atoms with Crippen LogP contribution in [0.5, 0.6) is 0 Å². The maximum Gasteiger partial charge on any atom is 0.199 e. The van der Waals surface area contributed by atoms with Crippen molar-refractivity contribution in [3.05, 3.63) is 58.6 Å². The van der Waals surface area contributed by atoms with Gasteiger partial charge in [-0.25, -0.2) is 0 Å². The Kier molecular flexibility index (Phi) is 10.4. The minimum Gasteiger partial charge on any atom is -0.498 e. The van der Waals surface area contributed by atoms with Crippen LogP contribution in [0.1, 0.15) is 82.8 Å². The summed E-state index contributed by atoms with van der Waals surface area (Å²) < 4.78 is 44.1. The number of ether oxygens (including phenoxy) is 3. The van der Waals surface area contributed by atoms with Crippen LogP contribution in [-0.2, 0) is 20.8 Å². The molecule has 0 saturated carbocycles. The molecular weight excluding hydrogens is 386 g/mol. The molecule has 0 aromatic heterocycles. The van der Waals surface area contributed by atoms with Gasteiger partial charge < -0.3 is 14.2 Å². The van der Waals surface area contributed by atoms with Crippen LogP contribution in [0.4, 0.5) is 8.78 Å². The minimum atomic E-state index is -0.951. The second-order valence-corrected chi connectivity index (χ2v) is 7.93. The van der Waals surface area contributed by atoms with E-state index >= 15 is 0 Å². The van der Waals surface area contributed by atoms with E-state index in [1.165, 1.54) is 19.1 Å². The number of rotatable bonds is 7. The molecule has 1 fully saturated rings.